The summed E-state index contributed by atoms with van der Waals surface area (Å²) in [6.07, 6.45) is 3.24. The van der Waals surface area contributed by atoms with Gasteiger partial charge in [-0.1, -0.05) is 0 Å². The normalized spacial score (nSPS) is 44.5. The van der Waals surface area contributed by atoms with Gasteiger partial charge in [0.25, 0.3) is 0 Å². The van der Waals surface area contributed by atoms with Crippen LogP contribution in [0.15, 0.2) is 0 Å². The van der Waals surface area contributed by atoms with Gasteiger partial charge in [0.15, 0.2) is 0 Å². The SMILES string of the molecule is NCC(=O)N1CC2C3CCC(O3)C2C1. The number of likely N-dealkylation sites (tertiary alicyclic amines) is 1. The van der Waals surface area contributed by atoms with Crippen molar-refractivity contribution in [3.8, 4) is 0 Å². The van der Waals surface area contributed by atoms with Crippen LogP contribution in [0.5, 0.6) is 0 Å². The molecule has 2 bridgehead atoms. The number of hydrogen-bond donors (Lipinski definition) is 1. The van der Waals surface area contributed by atoms with E-state index in [4.69, 9.17) is 10.5 Å². The van der Waals surface area contributed by atoms with Gasteiger partial charge in [-0.15, -0.1) is 0 Å². The summed E-state index contributed by atoms with van der Waals surface area (Å²) < 4.78 is 5.83. The molecule has 4 atom stereocenters. The number of nitrogens with two attached hydrogens (primary N) is 1. The third-order valence-electron chi connectivity index (χ3n) is 3.98. The van der Waals surface area contributed by atoms with Crippen LogP contribution in [0.25, 0.3) is 0 Å². The number of ether oxygens (including phenoxy) is 1. The van der Waals surface area contributed by atoms with E-state index in [9.17, 15) is 4.79 Å². The Bertz CT molecular complexity index is 251. The van der Waals surface area contributed by atoms with E-state index < -0.39 is 0 Å². The zero-order valence-corrected chi connectivity index (χ0v) is 8.19. The molecule has 3 aliphatic heterocycles. The summed E-state index contributed by atoms with van der Waals surface area (Å²) in [7, 11) is 0. The van der Waals surface area contributed by atoms with Crippen molar-refractivity contribution in [2.24, 2.45) is 17.6 Å². The largest absolute Gasteiger partial charge is 0.374 e. The van der Waals surface area contributed by atoms with Crippen molar-refractivity contribution in [1.29, 1.82) is 0 Å². The molecule has 0 spiro atoms. The van der Waals surface area contributed by atoms with Crippen molar-refractivity contribution in [2.75, 3.05) is 19.6 Å². The van der Waals surface area contributed by atoms with Gasteiger partial charge in [-0.05, 0) is 12.8 Å². The van der Waals surface area contributed by atoms with Crippen LogP contribution >= 0.6 is 0 Å². The lowest BCUT2D eigenvalue weighted by atomic mass is 9.82. The second-order valence-electron chi connectivity index (χ2n) is 4.62. The number of rotatable bonds is 1. The Morgan fingerprint density at radius 2 is 1.86 bits per heavy atom. The Kier molecular flexibility index (Phi) is 1.82. The maximum Gasteiger partial charge on any atom is 0.236 e. The number of carbonyl (C=O) groups is 1. The first-order chi connectivity index (χ1) is 6.79. The minimum Gasteiger partial charge on any atom is -0.374 e. The van der Waals surface area contributed by atoms with Gasteiger partial charge in [0.05, 0.1) is 18.8 Å². The third kappa shape index (κ3) is 1.04. The van der Waals surface area contributed by atoms with Gasteiger partial charge in [-0.3, -0.25) is 4.79 Å². The highest BCUT2D eigenvalue weighted by Crippen LogP contribution is 2.46. The minimum absolute atomic E-state index is 0.0961. The van der Waals surface area contributed by atoms with Gasteiger partial charge >= 0.3 is 0 Å². The van der Waals surface area contributed by atoms with Crippen molar-refractivity contribution >= 4 is 5.91 Å². The molecule has 14 heavy (non-hydrogen) atoms. The lowest BCUT2D eigenvalue weighted by Gasteiger charge is -2.17. The summed E-state index contributed by atoms with van der Waals surface area (Å²) in [5.74, 6) is 1.30. The maximum absolute atomic E-state index is 11.4. The Morgan fingerprint density at radius 1 is 1.29 bits per heavy atom. The number of amides is 1. The molecule has 0 radical (unpaired) electrons. The van der Waals surface area contributed by atoms with Crippen LogP contribution in [-0.2, 0) is 9.53 Å². The average Bonchev–Trinajstić information content (AvgIpc) is 2.87. The molecule has 0 saturated carbocycles. The molecule has 78 valence electrons. The monoisotopic (exact) mass is 196 g/mol. The molecule has 0 aliphatic carbocycles. The van der Waals surface area contributed by atoms with Gasteiger partial charge in [0, 0.05) is 24.9 Å². The third-order valence-corrected chi connectivity index (χ3v) is 3.98. The fraction of sp³-hybridized carbons (Fsp3) is 0.900. The molecule has 4 nitrogen and oxygen atoms in total. The molecular weight excluding hydrogens is 180 g/mol. The molecular formula is C10H16N2O2. The topological polar surface area (TPSA) is 55.6 Å². The van der Waals surface area contributed by atoms with Crippen LogP contribution in [0.1, 0.15) is 12.8 Å². The minimum atomic E-state index is 0.0961. The van der Waals surface area contributed by atoms with Crippen LogP contribution in [0, 0.1) is 11.8 Å². The van der Waals surface area contributed by atoms with Crippen molar-refractivity contribution in [1.82, 2.24) is 4.90 Å². The van der Waals surface area contributed by atoms with E-state index in [0.29, 0.717) is 24.0 Å². The van der Waals surface area contributed by atoms with Crippen molar-refractivity contribution in [3.05, 3.63) is 0 Å². The van der Waals surface area contributed by atoms with Gasteiger partial charge in [0.2, 0.25) is 5.91 Å². The summed E-state index contributed by atoms with van der Waals surface area (Å²) in [5.41, 5.74) is 5.36. The van der Waals surface area contributed by atoms with Gasteiger partial charge in [-0.25, -0.2) is 0 Å². The second kappa shape index (κ2) is 2.94. The Hall–Kier alpha value is -0.610. The van der Waals surface area contributed by atoms with Gasteiger partial charge in [0.1, 0.15) is 0 Å². The molecule has 1 amide bonds. The predicted octanol–water partition coefficient (Wildman–Crippen LogP) is -0.419. The molecule has 3 aliphatic rings. The molecule has 2 N–H and O–H groups in total. The van der Waals surface area contributed by atoms with Crippen LogP contribution < -0.4 is 5.73 Å². The molecule has 4 unspecified atom stereocenters. The molecule has 3 rings (SSSR count). The average molecular weight is 196 g/mol. The summed E-state index contributed by atoms with van der Waals surface area (Å²) in [5, 5.41) is 0. The first-order valence-corrected chi connectivity index (χ1v) is 5.43. The molecule has 3 heterocycles. The number of carbonyl (C=O) groups excluding carboxylic acids is 1. The molecule has 3 saturated heterocycles. The van der Waals surface area contributed by atoms with Crippen LogP contribution in [0.4, 0.5) is 0 Å². The zero-order chi connectivity index (χ0) is 9.71. The summed E-state index contributed by atoms with van der Waals surface area (Å²) in [6, 6.07) is 0. The number of nitrogens with zero attached hydrogens (tertiary/aromatic N) is 1. The quantitative estimate of drug-likeness (QED) is 0.620. The predicted molar refractivity (Wildman–Crippen MR) is 50.5 cm³/mol. The number of fused-ring (bicyclic) bond motifs is 5. The zero-order valence-electron chi connectivity index (χ0n) is 8.19. The lowest BCUT2D eigenvalue weighted by molar-refractivity contribution is -0.129. The first kappa shape index (κ1) is 8.68. The Morgan fingerprint density at radius 3 is 2.36 bits per heavy atom. The highest BCUT2D eigenvalue weighted by molar-refractivity contribution is 5.78. The fourth-order valence-corrected chi connectivity index (χ4v) is 3.29. The maximum atomic E-state index is 11.4. The van der Waals surface area contributed by atoms with E-state index in [1.165, 1.54) is 12.8 Å². The highest BCUT2D eigenvalue weighted by Gasteiger charge is 2.53. The smallest absolute Gasteiger partial charge is 0.236 e. The fourth-order valence-electron chi connectivity index (χ4n) is 3.29. The summed E-state index contributed by atoms with van der Waals surface area (Å²) >= 11 is 0. The molecule has 4 heteroatoms. The molecule has 3 fully saturated rings. The Balaban J connectivity index is 1.73. The molecule has 0 aromatic rings. The standard InChI is InChI=1S/C10H16N2O2/c11-3-10(13)12-4-6-7(5-12)9-2-1-8(6)14-9/h6-9H,1-5,11H2. The summed E-state index contributed by atoms with van der Waals surface area (Å²) in [4.78, 5) is 13.4. The lowest BCUT2D eigenvalue weighted by Crippen LogP contribution is -2.35. The molecule has 0 aromatic carbocycles. The Labute approximate surface area is 83.4 Å². The van der Waals surface area contributed by atoms with E-state index >= 15 is 0 Å². The molecule has 0 aromatic heterocycles. The van der Waals surface area contributed by atoms with E-state index in [2.05, 4.69) is 0 Å². The van der Waals surface area contributed by atoms with Gasteiger partial charge in [-0.2, -0.15) is 0 Å². The van der Waals surface area contributed by atoms with Crippen molar-refractivity contribution in [2.45, 2.75) is 25.0 Å². The highest BCUT2D eigenvalue weighted by atomic mass is 16.5. The van der Waals surface area contributed by atoms with Crippen LogP contribution in [0.3, 0.4) is 0 Å². The van der Waals surface area contributed by atoms with Crippen LogP contribution in [-0.4, -0.2) is 42.6 Å². The van der Waals surface area contributed by atoms with Crippen molar-refractivity contribution in [3.63, 3.8) is 0 Å². The van der Waals surface area contributed by atoms with E-state index in [1.807, 2.05) is 4.90 Å². The second-order valence-corrected chi connectivity index (χ2v) is 4.62. The van der Waals surface area contributed by atoms with E-state index in [-0.39, 0.29) is 12.5 Å². The van der Waals surface area contributed by atoms with Crippen molar-refractivity contribution < 1.29 is 9.53 Å². The van der Waals surface area contributed by atoms with Crippen LogP contribution in [0.2, 0.25) is 0 Å². The number of hydrogen-bond acceptors (Lipinski definition) is 3. The van der Waals surface area contributed by atoms with Gasteiger partial charge < -0.3 is 15.4 Å². The van der Waals surface area contributed by atoms with E-state index in [0.717, 1.165) is 13.1 Å². The van der Waals surface area contributed by atoms with E-state index in [1.54, 1.807) is 0 Å². The summed E-state index contributed by atoms with van der Waals surface area (Å²) in [6.45, 7) is 1.90. The first-order valence-electron chi connectivity index (χ1n) is 5.43.